The third kappa shape index (κ3) is 44.7. The summed E-state index contributed by atoms with van der Waals surface area (Å²) in [6, 6.07) is 0. The zero-order valence-corrected chi connectivity index (χ0v) is 38.6. The van der Waals surface area contributed by atoms with Crippen LogP contribution in [0.15, 0.2) is 36.5 Å². The molecule has 0 fully saturated rings. The summed E-state index contributed by atoms with van der Waals surface area (Å²) < 4.78 is 16.7. The molecule has 0 heterocycles. The second-order valence-corrected chi connectivity index (χ2v) is 16.8. The van der Waals surface area contributed by atoms with E-state index >= 15 is 0 Å². The molecule has 0 aromatic heterocycles. The van der Waals surface area contributed by atoms with Crippen molar-refractivity contribution in [3.63, 3.8) is 0 Å². The third-order valence-electron chi connectivity index (χ3n) is 10.9. The second-order valence-electron chi connectivity index (χ2n) is 16.8. The van der Waals surface area contributed by atoms with Crippen LogP contribution in [-0.2, 0) is 28.6 Å². The van der Waals surface area contributed by atoms with Gasteiger partial charge < -0.3 is 14.2 Å². The van der Waals surface area contributed by atoms with Gasteiger partial charge >= 0.3 is 17.9 Å². The Bertz CT molecular complexity index is 984. The van der Waals surface area contributed by atoms with Crippen LogP contribution >= 0.6 is 0 Å². The molecule has 58 heavy (non-hydrogen) atoms. The van der Waals surface area contributed by atoms with E-state index < -0.39 is 6.10 Å². The van der Waals surface area contributed by atoms with Gasteiger partial charge in [-0.2, -0.15) is 0 Å². The van der Waals surface area contributed by atoms with E-state index in [1.807, 2.05) is 0 Å². The molecule has 0 aliphatic heterocycles. The van der Waals surface area contributed by atoms with Gasteiger partial charge in [-0.15, -0.1) is 0 Å². The molecule has 0 aromatic rings. The van der Waals surface area contributed by atoms with E-state index in [-0.39, 0.29) is 31.1 Å². The molecule has 0 aromatic carbocycles. The van der Waals surface area contributed by atoms with Crippen LogP contribution in [0.5, 0.6) is 0 Å². The van der Waals surface area contributed by atoms with Crippen LogP contribution in [0.4, 0.5) is 0 Å². The molecule has 6 nitrogen and oxygen atoms in total. The highest BCUT2D eigenvalue weighted by Gasteiger charge is 2.19. The Labute approximate surface area is 359 Å². The molecular formula is C52H94O6. The fourth-order valence-electron chi connectivity index (χ4n) is 7.06. The van der Waals surface area contributed by atoms with Crippen LogP contribution in [0.25, 0.3) is 0 Å². The predicted molar refractivity (Wildman–Crippen MR) is 247 cm³/mol. The Balaban J connectivity index is 4.30. The van der Waals surface area contributed by atoms with Crippen molar-refractivity contribution in [2.75, 3.05) is 13.2 Å². The molecule has 1 atom stereocenters. The molecule has 0 aliphatic carbocycles. The number of ether oxygens (including phenoxy) is 3. The first kappa shape index (κ1) is 55.6. The number of rotatable bonds is 45. The lowest BCUT2D eigenvalue weighted by molar-refractivity contribution is -0.167. The predicted octanol–water partition coefficient (Wildman–Crippen LogP) is 16.1. The van der Waals surface area contributed by atoms with Crippen molar-refractivity contribution in [1.29, 1.82) is 0 Å². The van der Waals surface area contributed by atoms with Gasteiger partial charge in [0.05, 0.1) is 0 Å². The van der Waals surface area contributed by atoms with E-state index in [1.54, 1.807) is 0 Å². The van der Waals surface area contributed by atoms with E-state index in [0.717, 1.165) is 70.6 Å². The first-order valence-corrected chi connectivity index (χ1v) is 25.0. The molecule has 0 aliphatic rings. The van der Waals surface area contributed by atoms with E-state index in [1.165, 1.54) is 148 Å². The Morgan fingerprint density at radius 3 is 1.03 bits per heavy atom. The van der Waals surface area contributed by atoms with Gasteiger partial charge in [-0.25, -0.2) is 0 Å². The molecular weight excluding hydrogens is 721 g/mol. The normalized spacial score (nSPS) is 12.3. The number of carbonyl (C=O) groups is 3. The Morgan fingerprint density at radius 2 is 0.638 bits per heavy atom. The fraction of sp³-hybridized carbons (Fsp3) is 0.827. The largest absolute Gasteiger partial charge is 0.462 e. The molecule has 0 bridgehead atoms. The first-order chi connectivity index (χ1) is 28.5. The van der Waals surface area contributed by atoms with Crippen molar-refractivity contribution in [3.8, 4) is 0 Å². The highest BCUT2D eigenvalue weighted by molar-refractivity contribution is 5.71. The van der Waals surface area contributed by atoms with Crippen molar-refractivity contribution in [2.45, 2.75) is 264 Å². The fourth-order valence-corrected chi connectivity index (χ4v) is 7.06. The van der Waals surface area contributed by atoms with Crippen molar-refractivity contribution in [2.24, 2.45) is 0 Å². The van der Waals surface area contributed by atoms with Crippen LogP contribution in [0.2, 0.25) is 0 Å². The molecule has 0 amide bonds. The number of allylic oxidation sites excluding steroid dienone is 6. The van der Waals surface area contributed by atoms with Gasteiger partial charge in [0.25, 0.3) is 0 Å². The van der Waals surface area contributed by atoms with Crippen molar-refractivity contribution in [1.82, 2.24) is 0 Å². The van der Waals surface area contributed by atoms with Crippen LogP contribution < -0.4 is 0 Å². The molecule has 6 heteroatoms. The minimum absolute atomic E-state index is 0.0821. The summed E-state index contributed by atoms with van der Waals surface area (Å²) in [6.45, 7) is 6.55. The van der Waals surface area contributed by atoms with Crippen molar-refractivity contribution in [3.05, 3.63) is 36.5 Å². The zero-order chi connectivity index (χ0) is 42.3. The topological polar surface area (TPSA) is 78.9 Å². The van der Waals surface area contributed by atoms with Gasteiger partial charge in [0.2, 0.25) is 0 Å². The SMILES string of the molecule is CCCC/C=C\C=C/CCCCCC(=O)OC(COC(=O)CCCCCCCCC/C=C\CCCCCCCCCC)COC(=O)CCCCCCCCCCCC. The number of carbonyl (C=O) groups excluding carboxylic acids is 3. The lowest BCUT2D eigenvalue weighted by Gasteiger charge is -2.18. The highest BCUT2D eigenvalue weighted by Crippen LogP contribution is 2.15. The molecule has 338 valence electrons. The lowest BCUT2D eigenvalue weighted by Crippen LogP contribution is -2.30. The van der Waals surface area contributed by atoms with Gasteiger partial charge in [0.1, 0.15) is 13.2 Å². The quantitative estimate of drug-likeness (QED) is 0.0200. The van der Waals surface area contributed by atoms with Crippen LogP contribution in [0.3, 0.4) is 0 Å². The average Bonchev–Trinajstić information content (AvgIpc) is 3.22. The minimum Gasteiger partial charge on any atom is -0.462 e. The summed E-state index contributed by atoms with van der Waals surface area (Å²) >= 11 is 0. The third-order valence-corrected chi connectivity index (χ3v) is 10.9. The first-order valence-electron chi connectivity index (χ1n) is 25.0. The summed E-state index contributed by atoms with van der Waals surface area (Å²) in [6.07, 6.45) is 54.2. The maximum atomic E-state index is 12.7. The van der Waals surface area contributed by atoms with E-state index in [4.69, 9.17) is 14.2 Å². The van der Waals surface area contributed by atoms with E-state index in [9.17, 15) is 14.4 Å². The number of esters is 3. The van der Waals surface area contributed by atoms with Crippen molar-refractivity contribution >= 4 is 17.9 Å². The van der Waals surface area contributed by atoms with Gasteiger partial charge in [-0.05, 0) is 64.2 Å². The summed E-state index contributed by atoms with van der Waals surface area (Å²) in [5.74, 6) is -0.911. The average molecular weight is 815 g/mol. The van der Waals surface area contributed by atoms with Crippen LogP contribution in [-0.4, -0.2) is 37.2 Å². The summed E-state index contributed by atoms with van der Waals surface area (Å²) in [5.41, 5.74) is 0. The molecule has 0 spiro atoms. The van der Waals surface area contributed by atoms with Gasteiger partial charge in [-0.1, -0.05) is 211 Å². The Hall–Kier alpha value is -2.37. The second kappa shape index (κ2) is 47.3. The van der Waals surface area contributed by atoms with Gasteiger partial charge in [0, 0.05) is 19.3 Å². The maximum Gasteiger partial charge on any atom is 0.306 e. The Kier molecular flexibility index (Phi) is 45.4. The van der Waals surface area contributed by atoms with E-state index in [2.05, 4.69) is 57.2 Å². The number of hydrogen-bond acceptors (Lipinski definition) is 6. The van der Waals surface area contributed by atoms with Gasteiger partial charge in [-0.3, -0.25) is 14.4 Å². The number of hydrogen-bond donors (Lipinski definition) is 0. The van der Waals surface area contributed by atoms with Crippen LogP contribution in [0.1, 0.15) is 258 Å². The molecule has 1 unspecified atom stereocenters. The monoisotopic (exact) mass is 815 g/mol. The molecule has 0 rings (SSSR count). The lowest BCUT2D eigenvalue weighted by atomic mass is 10.1. The standard InChI is InChI=1S/C52H94O6/c1-4-7-10-13-16-19-22-23-24-25-26-27-28-29-31-33-36-39-42-45-51(54)57-48-49(47-56-50(53)44-41-38-35-32-21-18-15-12-9-6-3)58-52(55)46-43-40-37-34-30-20-17-14-11-8-5-2/h14,17,20,25-26,30,49H,4-13,15-16,18-19,21-24,27-29,31-48H2,1-3H3/b17-14-,26-25-,30-20-. The molecule has 0 radical (unpaired) electrons. The summed E-state index contributed by atoms with van der Waals surface area (Å²) in [5, 5.41) is 0. The van der Waals surface area contributed by atoms with E-state index in [0.29, 0.717) is 19.3 Å². The molecule has 0 N–H and O–H groups in total. The molecule has 0 saturated carbocycles. The van der Waals surface area contributed by atoms with Gasteiger partial charge in [0.15, 0.2) is 6.10 Å². The molecule has 0 saturated heterocycles. The zero-order valence-electron chi connectivity index (χ0n) is 38.6. The smallest absolute Gasteiger partial charge is 0.306 e. The summed E-state index contributed by atoms with van der Waals surface area (Å²) in [4.78, 5) is 37.8. The Morgan fingerprint density at radius 1 is 0.345 bits per heavy atom. The summed E-state index contributed by atoms with van der Waals surface area (Å²) in [7, 11) is 0. The van der Waals surface area contributed by atoms with Crippen molar-refractivity contribution < 1.29 is 28.6 Å². The number of unbranched alkanes of at least 4 members (excludes halogenated alkanes) is 29. The van der Waals surface area contributed by atoms with Crippen LogP contribution in [0, 0.1) is 0 Å². The highest BCUT2D eigenvalue weighted by atomic mass is 16.6. The minimum atomic E-state index is -0.782. The maximum absolute atomic E-state index is 12.7.